The van der Waals surface area contributed by atoms with Crippen LogP contribution in [0.25, 0.3) is 5.82 Å². The molecule has 12 heteroatoms. The Morgan fingerprint density at radius 3 is 2.60 bits per heavy atom. The first-order valence-electron chi connectivity index (χ1n) is 8.35. The predicted molar refractivity (Wildman–Crippen MR) is 114 cm³/mol. The van der Waals surface area contributed by atoms with Crippen molar-refractivity contribution in [3.8, 4) is 5.82 Å². The van der Waals surface area contributed by atoms with Crippen molar-refractivity contribution in [2.24, 2.45) is 0 Å². The molecule has 0 unspecified atom stereocenters. The fraction of sp³-hybridized carbons (Fsp3) is 0.111. The van der Waals surface area contributed by atoms with Crippen molar-refractivity contribution < 1.29 is 19.8 Å². The van der Waals surface area contributed by atoms with Crippen LogP contribution in [0.1, 0.15) is 26.4 Å². The van der Waals surface area contributed by atoms with Crippen molar-refractivity contribution in [2.45, 2.75) is 6.61 Å². The minimum absolute atomic E-state index is 0.0325. The summed E-state index contributed by atoms with van der Waals surface area (Å²) in [6.45, 7) is -1.12. The van der Waals surface area contributed by atoms with Crippen LogP contribution in [0, 0.1) is 0 Å². The molecule has 2 heterocycles. The molecule has 2 aromatic heterocycles. The van der Waals surface area contributed by atoms with Gasteiger partial charge in [-0.25, -0.2) is 9.67 Å². The molecule has 0 saturated carbocycles. The second-order valence-electron chi connectivity index (χ2n) is 5.84. The fourth-order valence-electron chi connectivity index (χ4n) is 2.67. The third kappa shape index (κ3) is 4.63. The monoisotopic (exact) mass is 513 g/mol. The van der Waals surface area contributed by atoms with Crippen molar-refractivity contribution in [1.82, 2.24) is 20.1 Å². The lowest BCUT2D eigenvalue weighted by Crippen LogP contribution is -2.27. The number of nitrogens with one attached hydrogen (secondary N) is 2. The Morgan fingerprint density at radius 2 is 1.93 bits per heavy atom. The molecule has 0 spiro atoms. The van der Waals surface area contributed by atoms with Gasteiger partial charge in [-0.15, -0.1) is 0 Å². The van der Waals surface area contributed by atoms with Gasteiger partial charge >= 0.3 is 0 Å². The average molecular weight is 515 g/mol. The van der Waals surface area contributed by atoms with Gasteiger partial charge in [-0.3, -0.25) is 9.59 Å². The molecule has 0 radical (unpaired) electrons. The standard InChI is InChI=1S/C18H14BrCl2N5O4/c19-14-6-13(26(25-14)16-12(21)2-1-3-22-16)18(30)24-15-9(7-27)4-10(20)5-11(15)17(29)23-8-28/h1-6,27-28H,7-8H2,(H,23,29)(H,24,30). The minimum Gasteiger partial charge on any atom is -0.392 e. The molecular weight excluding hydrogens is 501 g/mol. The molecule has 9 nitrogen and oxygen atoms in total. The number of nitrogens with zero attached hydrogens (tertiary/aromatic N) is 3. The van der Waals surface area contributed by atoms with E-state index in [-0.39, 0.29) is 38.4 Å². The van der Waals surface area contributed by atoms with Crippen LogP contribution in [0.5, 0.6) is 0 Å². The molecular formula is C18H14BrCl2N5O4. The smallest absolute Gasteiger partial charge is 0.274 e. The van der Waals surface area contributed by atoms with Gasteiger partial charge in [0.15, 0.2) is 5.82 Å². The first-order valence-corrected chi connectivity index (χ1v) is 9.90. The Labute approximate surface area is 188 Å². The first kappa shape index (κ1) is 22.2. The average Bonchev–Trinajstić information content (AvgIpc) is 3.11. The summed E-state index contributed by atoms with van der Waals surface area (Å²) < 4.78 is 1.59. The van der Waals surface area contributed by atoms with E-state index in [2.05, 4.69) is 36.6 Å². The molecule has 0 aliphatic carbocycles. The highest BCUT2D eigenvalue weighted by Crippen LogP contribution is 2.28. The molecule has 0 aliphatic heterocycles. The highest BCUT2D eigenvalue weighted by molar-refractivity contribution is 9.10. The van der Waals surface area contributed by atoms with Crippen LogP contribution in [0.4, 0.5) is 5.69 Å². The molecule has 0 bridgehead atoms. The molecule has 0 atom stereocenters. The number of anilines is 1. The Hall–Kier alpha value is -2.50. The fourth-order valence-corrected chi connectivity index (χ4v) is 3.49. The molecule has 0 fully saturated rings. The van der Waals surface area contributed by atoms with E-state index in [9.17, 15) is 14.7 Å². The Bertz CT molecular complexity index is 1120. The number of amides is 2. The van der Waals surface area contributed by atoms with Crippen molar-refractivity contribution in [3.05, 3.63) is 68.0 Å². The van der Waals surface area contributed by atoms with Crippen LogP contribution in [0.15, 0.2) is 41.1 Å². The molecule has 2 amide bonds. The van der Waals surface area contributed by atoms with Crippen molar-refractivity contribution in [3.63, 3.8) is 0 Å². The van der Waals surface area contributed by atoms with Gasteiger partial charge in [-0.05, 0) is 40.2 Å². The Balaban J connectivity index is 2.06. The molecule has 1 aromatic carbocycles. The van der Waals surface area contributed by atoms with Crippen LogP contribution in [0.3, 0.4) is 0 Å². The zero-order valence-corrected chi connectivity index (χ0v) is 18.2. The Kier molecular flexibility index (Phi) is 7.06. The quantitative estimate of drug-likeness (QED) is 0.374. The van der Waals surface area contributed by atoms with Crippen LogP contribution in [0.2, 0.25) is 10.0 Å². The zero-order valence-electron chi connectivity index (χ0n) is 15.1. The van der Waals surface area contributed by atoms with Gasteiger partial charge in [-0.1, -0.05) is 23.2 Å². The summed E-state index contributed by atoms with van der Waals surface area (Å²) in [4.78, 5) is 29.5. The number of rotatable bonds is 6. The van der Waals surface area contributed by atoms with Gasteiger partial charge in [0.05, 0.1) is 22.9 Å². The van der Waals surface area contributed by atoms with Crippen molar-refractivity contribution >= 4 is 56.6 Å². The van der Waals surface area contributed by atoms with E-state index < -0.39 is 25.2 Å². The lowest BCUT2D eigenvalue weighted by atomic mass is 10.1. The summed E-state index contributed by atoms with van der Waals surface area (Å²) >= 11 is 15.4. The van der Waals surface area contributed by atoms with Crippen LogP contribution < -0.4 is 10.6 Å². The van der Waals surface area contributed by atoms with Crippen LogP contribution >= 0.6 is 39.1 Å². The van der Waals surface area contributed by atoms with E-state index in [1.165, 1.54) is 29.1 Å². The lowest BCUT2D eigenvalue weighted by molar-refractivity contribution is 0.0911. The number of carbonyl (C=O) groups excluding carboxylic acids is 2. The maximum atomic E-state index is 13.1. The van der Waals surface area contributed by atoms with Crippen LogP contribution in [-0.2, 0) is 6.61 Å². The highest BCUT2D eigenvalue weighted by atomic mass is 79.9. The lowest BCUT2D eigenvalue weighted by Gasteiger charge is -2.16. The summed E-state index contributed by atoms with van der Waals surface area (Å²) in [5.41, 5.74) is 0.276. The number of benzene rings is 1. The summed E-state index contributed by atoms with van der Waals surface area (Å²) in [6.07, 6.45) is 1.50. The van der Waals surface area contributed by atoms with Crippen LogP contribution in [-0.4, -0.2) is 43.5 Å². The van der Waals surface area contributed by atoms with Crippen molar-refractivity contribution in [1.29, 1.82) is 0 Å². The number of halogens is 3. The van der Waals surface area contributed by atoms with Gasteiger partial charge in [0.2, 0.25) is 0 Å². The largest absolute Gasteiger partial charge is 0.392 e. The second kappa shape index (κ2) is 9.54. The minimum atomic E-state index is -0.688. The summed E-state index contributed by atoms with van der Waals surface area (Å²) in [5, 5.41) is 28.1. The SMILES string of the molecule is O=C(NCO)c1cc(Cl)cc(CO)c1NC(=O)c1cc(Br)nn1-c1ncccc1Cl. The number of pyridine rings is 1. The third-order valence-electron chi connectivity index (χ3n) is 3.93. The van der Waals surface area contributed by atoms with Gasteiger partial charge in [0, 0.05) is 22.8 Å². The second-order valence-corrected chi connectivity index (χ2v) is 7.49. The topological polar surface area (TPSA) is 129 Å². The number of carbonyl (C=O) groups is 2. The molecule has 30 heavy (non-hydrogen) atoms. The maximum Gasteiger partial charge on any atom is 0.274 e. The van der Waals surface area contributed by atoms with Gasteiger partial charge < -0.3 is 20.8 Å². The number of hydrogen-bond donors (Lipinski definition) is 4. The van der Waals surface area contributed by atoms with Crippen molar-refractivity contribution in [2.75, 3.05) is 12.0 Å². The van der Waals surface area contributed by atoms with Gasteiger partial charge in [0.25, 0.3) is 11.8 Å². The molecule has 0 aliphatic rings. The van der Waals surface area contributed by atoms with E-state index in [4.69, 9.17) is 28.3 Å². The first-order chi connectivity index (χ1) is 14.3. The molecule has 3 rings (SSSR count). The summed E-state index contributed by atoms with van der Waals surface area (Å²) in [6, 6.07) is 7.40. The number of aliphatic hydroxyl groups is 2. The number of aliphatic hydroxyl groups excluding tert-OH is 2. The summed E-state index contributed by atoms with van der Waals surface area (Å²) in [7, 11) is 0. The molecule has 156 valence electrons. The van der Waals surface area contributed by atoms with Gasteiger partial charge in [-0.2, -0.15) is 5.10 Å². The maximum absolute atomic E-state index is 13.1. The van der Waals surface area contributed by atoms with E-state index in [0.717, 1.165) is 0 Å². The van der Waals surface area contributed by atoms with E-state index in [1.807, 2.05) is 0 Å². The molecule has 4 N–H and O–H groups in total. The normalized spacial score (nSPS) is 10.7. The Morgan fingerprint density at radius 1 is 1.17 bits per heavy atom. The number of aromatic nitrogens is 3. The molecule has 3 aromatic rings. The van der Waals surface area contributed by atoms with E-state index >= 15 is 0 Å². The third-order valence-corrected chi connectivity index (χ3v) is 4.83. The highest BCUT2D eigenvalue weighted by Gasteiger charge is 2.23. The van der Waals surface area contributed by atoms with E-state index in [0.29, 0.717) is 4.60 Å². The van der Waals surface area contributed by atoms with E-state index in [1.54, 1.807) is 12.1 Å². The van der Waals surface area contributed by atoms with Gasteiger partial charge in [0.1, 0.15) is 17.0 Å². The predicted octanol–water partition coefficient (Wildman–Crippen LogP) is 2.76. The number of hydrogen-bond acceptors (Lipinski definition) is 6. The zero-order chi connectivity index (χ0) is 21.8. The summed E-state index contributed by atoms with van der Waals surface area (Å²) in [5.74, 6) is -1.11. The molecule has 0 saturated heterocycles.